The number of methoxy groups -OCH3 is 2. The fourth-order valence-electron chi connectivity index (χ4n) is 1.17. The highest BCUT2D eigenvalue weighted by Crippen LogP contribution is 2.13. The maximum Gasteiger partial charge on any atom is 0.311 e. The molecule has 0 rings (SSSR count). The van der Waals surface area contributed by atoms with E-state index in [-0.39, 0.29) is 11.9 Å². The van der Waals surface area contributed by atoms with Gasteiger partial charge in [0.25, 0.3) is 0 Å². The summed E-state index contributed by atoms with van der Waals surface area (Å²) in [5.41, 5.74) is 0. The minimum atomic E-state index is -0.164. The van der Waals surface area contributed by atoms with Crippen molar-refractivity contribution in [3.05, 3.63) is 0 Å². The largest absolute Gasteiger partial charge is 0.469 e. The van der Waals surface area contributed by atoms with E-state index in [2.05, 4.69) is 18.6 Å². The molecule has 0 aromatic carbocycles. The number of hydrogen-bond acceptors (Lipinski definition) is 3. The molecule has 0 spiro atoms. The molecule has 1 atom stereocenters. The summed E-state index contributed by atoms with van der Waals surface area (Å²) >= 11 is 0. The molecule has 78 valence electrons. The standard InChI is InChI=1S/C10H20O3/c1-8(2)5-6-9(7-12-3)10(11)13-4/h8-9H,5-7H2,1-4H3. The number of rotatable bonds is 6. The molecule has 0 aromatic rings. The van der Waals surface area contributed by atoms with Crippen molar-refractivity contribution in [3.63, 3.8) is 0 Å². The highest BCUT2D eigenvalue weighted by molar-refractivity contribution is 5.72. The number of esters is 1. The van der Waals surface area contributed by atoms with Crippen molar-refractivity contribution in [2.75, 3.05) is 20.8 Å². The smallest absolute Gasteiger partial charge is 0.311 e. The normalized spacial score (nSPS) is 13.0. The van der Waals surface area contributed by atoms with Gasteiger partial charge in [-0.1, -0.05) is 20.3 Å². The molecule has 0 amide bonds. The van der Waals surface area contributed by atoms with Crippen LogP contribution in [0.5, 0.6) is 0 Å². The molecule has 0 N–H and O–H groups in total. The third-order valence-corrected chi connectivity index (χ3v) is 1.99. The Morgan fingerprint density at radius 3 is 2.23 bits per heavy atom. The van der Waals surface area contributed by atoms with Crippen LogP contribution in [-0.4, -0.2) is 26.8 Å². The minimum absolute atomic E-state index is 0.0996. The van der Waals surface area contributed by atoms with Crippen molar-refractivity contribution < 1.29 is 14.3 Å². The molecule has 0 fully saturated rings. The first-order valence-electron chi connectivity index (χ1n) is 4.68. The molecule has 3 nitrogen and oxygen atoms in total. The van der Waals surface area contributed by atoms with Gasteiger partial charge >= 0.3 is 5.97 Å². The van der Waals surface area contributed by atoms with E-state index in [1.165, 1.54) is 7.11 Å². The fraction of sp³-hybridized carbons (Fsp3) is 0.900. The monoisotopic (exact) mass is 188 g/mol. The van der Waals surface area contributed by atoms with Gasteiger partial charge in [0.05, 0.1) is 19.6 Å². The van der Waals surface area contributed by atoms with Crippen molar-refractivity contribution in [3.8, 4) is 0 Å². The lowest BCUT2D eigenvalue weighted by atomic mass is 9.98. The maximum atomic E-state index is 11.2. The van der Waals surface area contributed by atoms with Crippen LogP contribution in [0.4, 0.5) is 0 Å². The number of ether oxygens (including phenoxy) is 2. The van der Waals surface area contributed by atoms with Crippen LogP contribution in [0.1, 0.15) is 26.7 Å². The summed E-state index contributed by atoms with van der Waals surface area (Å²) in [5, 5.41) is 0. The zero-order valence-electron chi connectivity index (χ0n) is 9.00. The molecular weight excluding hydrogens is 168 g/mol. The average molecular weight is 188 g/mol. The van der Waals surface area contributed by atoms with E-state index >= 15 is 0 Å². The van der Waals surface area contributed by atoms with Crippen LogP contribution in [0.25, 0.3) is 0 Å². The summed E-state index contributed by atoms with van der Waals surface area (Å²) in [6.45, 7) is 4.74. The average Bonchev–Trinajstić information content (AvgIpc) is 2.10. The van der Waals surface area contributed by atoms with Gasteiger partial charge in [-0.3, -0.25) is 4.79 Å². The van der Waals surface area contributed by atoms with Gasteiger partial charge in [-0.2, -0.15) is 0 Å². The summed E-state index contributed by atoms with van der Waals surface area (Å²) in [6.07, 6.45) is 1.88. The second kappa shape index (κ2) is 6.89. The Bertz CT molecular complexity index is 143. The molecule has 0 aliphatic carbocycles. The second-order valence-electron chi connectivity index (χ2n) is 3.65. The summed E-state index contributed by atoms with van der Waals surface area (Å²) in [6, 6.07) is 0. The molecule has 1 unspecified atom stereocenters. The van der Waals surface area contributed by atoms with E-state index < -0.39 is 0 Å². The third-order valence-electron chi connectivity index (χ3n) is 1.99. The van der Waals surface area contributed by atoms with Gasteiger partial charge in [-0.05, 0) is 12.3 Å². The Hall–Kier alpha value is -0.570. The molecule has 0 radical (unpaired) electrons. The summed E-state index contributed by atoms with van der Waals surface area (Å²) in [7, 11) is 3.02. The molecule has 0 aliphatic heterocycles. The summed E-state index contributed by atoms with van der Waals surface area (Å²) < 4.78 is 9.64. The van der Waals surface area contributed by atoms with Gasteiger partial charge in [-0.15, -0.1) is 0 Å². The van der Waals surface area contributed by atoms with Crippen molar-refractivity contribution in [1.29, 1.82) is 0 Å². The highest BCUT2D eigenvalue weighted by atomic mass is 16.5. The van der Waals surface area contributed by atoms with E-state index in [1.54, 1.807) is 7.11 Å². The van der Waals surface area contributed by atoms with Gasteiger partial charge in [-0.25, -0.2) is 0 Å². The third kappa shape index (κ3) is 5.64. The lowest BCUT2D eigenvalue weighted by molar-refractivity contribution is -0.147. The van der Waals surface area contributed by atoms with Gasteiger partial charge < -0.3 is 9.47 Å². The first-order valence-corrected chi connectivity index (χ1v) is 4.68. The Morgan fingerprint density at radius 2 is 1.85 bits per heavy atom. The van der Waals surface area contributed by atoms with E-state index in [4.69, 9.17) is 4.74 Å². The molecule has 0 saturated heterocycles. The first kappa shape index (κ1) is 12.4. The molecular formula is C10H20O3. The maximum absolute atomic E-state index is 11.2. The predicted molar refractivity (Wildman–Crippen MR) is 51.5 cm³/mol. The minimum Gasteiger partial charge on any atom is -0.469 e. The molecule has 0 saturated carbocycles. The quantitative estimate of drug-likeness (QED) is 0.597. The van der Waals surface area contributed by atoms with Crippen LogP contribution in [0.2, 0.25) is 0 Å². The van der Waals surface area contributed by atoms with Crippen LogP contribution in [-0.2, 0) is 14.3 Å². The molecule has 3 heteroatoms. The Morgan fingerprint density at radius 1 is 1.23 bits per heavy atom. The Labute approximate surface area is 80.4 Å². The molecule has 0 bridgehead atoms. The van der Waals surface area contributed by atoms with Crippen molar-refractivity contribution in [1.82, 2.24) is 0 Å². The first-order chi connectivity index (χ1) is 6.11. The second-order valence-corrected chi connectivity index (χ2v) is 3.65. The van der Waals surface area contributed by atoms with Crippen LogP contribution in [0.15, 0.2) is 0 Å². The summed E-state index contributed by atoms with van der Waals surface area (Å²) in [4.78, 5) is 11.2. The van der Waals surface area contributed by atoms with E-state index in [0.717, 1.165) is 12.8 Å². The van der Waals surface area contributed by atoms with Gasteiger partial charge in [0.2, 0.25) is 0 Å². The molecule has 0 heterocycles. The predicted octanol–water partition coefficient (Wildman–Crippen LogP) is 1.86. The highest BCUT2D eigenvalue weighted by Gasteiger charge is 2.18. The number of carbonyl (C=O) groups excluding carboxylic acids is 1. The van der Waals surface area contributed by atoms with Gasteiger partial charge in [0.1, 0.15) is 0 Å². The Kier molecular flexibility index (Phi) is 6.59. The van der Waals surface area contributed by atoms with Gasteiger partial charge in [0.15, 0.2) is 0 Å². The van der Waals surface area contributed by atoms with E-state index in [0.29, 0.717) is 12.5 Å². The number of hydrogen-bond donors (Lipinski definition) is 0. The van der Waals surface area contributed by atoms with E-state index in [1.807, 2.05) is 0 Å². The fourth-order valence-corrected chi connectivity index (χ4v) is 1.17. The van der Waals surface area contributed by atoms with Crippen molar-refractivity contribution in [2.24, 2.45) is 11.8 Å². The summed E-state index contributed by atoms with van der Waals surface area (Å²) in [5.74, 6) is 0.351. The topological polar surface area (TPSA) is 35.5 Å². The van der Waals surface area contributed by atoms with Crippen molar-refractivity contribution in [2.45, 2.75) is 26.7 Å². The SMILES string of the molecule is COCC(CCC(C)C)C(=O)OC. The van der Waals surface area contributed by atoms with Crippen LogP contribution >= 0.6 is 0 Å². The molecule has 0 aliphatic rings. The molecule has 13 heavy (non-hydrogen) atoms. The lowest BCUT2D eigenvalue weighted by Gasteiger charge is -2.14. The van der Waals surface area contributed by atoms with Crippen molar-refractivity contribution >= 4 is 5.97 Å². The van der Waals surface area contributed by atoms with E-state index in [9.17, 15) is 4.79 Å². The van der Waals surface area contributed by atoms with Gasteiger partial charge in [0, 0.05) is 7.11 Å². The Balaban J connectivity index is 3.86. The lowest BCUT2D eigenvalue weighted by Crippen LogP contribution is -2.21. The van der Waals surface area contributed by atoms with Crippen LogP contribution < -0.4 is 0 Å². The zero-order chi connectivity index (χ0) is 10.3. The van der Waals surface area contributed by atoms with Crippen LogP contribution in [0.3, 0.4) is 0 Å². The van der Waals surface area contributed by atoms with Crippen LogP contribution in [0, 0.1) is 11.8 Å². The zero-order valence-corrected chi connectivity index (χ0v) is 9.00. The number of carbonyl (C=O) groups is 1. The molecule has 0 aromatic heterocycles.